The number of rotatable bonds is 5. The number of carbonyl (C=O) groups excluding carboxylic acids is 1. The van der Waals surface area contributed by atoms with Gasteiger partial charge in [0.1, 0.15) is 0 Å². The van der Waals surface area contributed by atoms with Crippen molar-refractivity contribution >= 4 is 11.8 Å². The van der Waals surface area contributed by atoms with E-state index in [9.17, 15) is 9.59 Å². The summed E-state index contributed by atoms with van der Waals surface area (Å²) in [5.41, 5.74) is 2.79. The zero-order valence-corrected chi connectivity index (χ0v) is 10.5. The number of ketones is 1. The van der Waals surface area contributed by atoms with Crippen LogP contribution < -0.4 is 0 Å². The van der Waals surface area contributed by atoms with Crippen LogP contribution in [0, 0.1) is 19.8 Å². The molecule has 0 saturated carbocycles. The standard InChI is InChI=1S/C14H18O3/c1-9-4-10(2)6-12(5-9)13(15)7-11(3)8-14(16)17/h4-6,11H,7-8H2,1-3H3,(H,16,17). The quantitative estimate of drug-likeness (QED) is 0.797. The summed E-state index contributed by atoms with van der Waals surface area (Å²) in [6.07, 6.45) is 0.325. The molecule has 0 aliphatic heterocycles. The first-order chi connectivity index (χ1) is 7.88. The minimum absolute atomic E-state index is 0.0190. The van der Waals surface area contributed by atoms with E-state index in [1.165, 1.54) is 0 Å². The Hall–Kier alpha value is -1.64. The van der Waals surface area contributed by atoms with Crippen molar-refractivity contribution in [3.63, 3.8) is 0 Å². The smallest absolute Gasteiger partial charge is 0.303 e. The minimum Gasteiger partial charge on any atom is -0.481 e. The summed E-state index contributed by atoms with van der Waals surface area (Å²) in [4.78, 5) is 22.5. The molecule has 0 aliphatic carbocycles. The number of hydrogen-bond donors (Lipinski definition) is 1. The van der Waals surface area contributed by atoms with E-state index in [-0.39, 0.29) is 24.5 Å². The predicted octanol–water partition coefficient (Wildman–Crippen LogP) is 2.99. The van der Waals surface area contributed by atoms with Crippen molar-refractivity contribution in [1.82, 2.24) is 0 Å². The van der Waals surface area contributed by atoms with Crippen molar-refractivity contribution in [3.05, 3.63) is 34.9 Å². The Morgan fingerprint density at radius 3 is 2.12 bits per heavy atom. The maximum absolute atomic E-state index is 11.9. The van der Waals surface area contributed by atoms with Crippen LogP contribution in [0.2, 0.25) is 0 Å². The van der Waals surface area contributed by atoms with Gasteiger partial charge in [-0.25, -0.2) is 0 Å². The maximum atomic E-state index is 11.9. The van der Waals surface area contributed by atoms with Crippen molar-refractivity contribution in [1.29, 1.82) is 0 Å². The van der Waals surface area contributed by atoms with Gasteiger partial charge in [-0.2, -0.15) is 0 Å². The molecule has 1 aromatic rings. The van der Waals surface area contributed by atoms with Crippen molar-refractivity contribution in [2.24, 2.45) is 5.92 Å². The van der Waals surface area contributed by atoms with Crippen molar-refractivity contribution < 1.29 is 14.7 Å². The second-order valence-electron chi connectivity index (χ2n) is 4.71. The van der Waals surface area contributed by atoms with Crippen molar-refractivity contribution in [3.8, 4) is 0 Å². The van der Waals surface area contributed by atoms with Crippen LogP contribution in [-0.2, 0) is 4.79 Å². The number of Topliss-reactive ketones (excluding diaryl/α,β-unsaturated/α-hetero) is 1. The number of aliphatic carboxylic acids is 1. The molecular formula is C14H18O3. The Kier molecular flexibility index (Phi) is 4.44. The van der Waals surface area contributed by atoms with Gasteiger partial charge in [0, 0.05) is 18.4 Å². The van der Waals surface area contributed by atoms with Gasteiger partial charge in [0.2, 0.25) is 0 Å². The zero-order valence-electron chi connectivity index (χ0n) is 10.5. The molecule has 17 heavy (non-hydrogen) atoms. The van der Waals surface area contributed by atoms with E-state index >= 15 is 0 Å². The third-order valence-electron chi connectivity index (χ3n) is 2.60. The number of hydrogen-bond acceptors (Lipinski definition) is 2. The highest BCUT2D eigenvalue weighted by molar-refractivity contribution is 5.96. The number of carbonyl (C=O) groups is 2. The summed E-state index contributed by atoms with van der Waals surface area (Å²) in [7, 11) is 0. The molecule has 0 bridgehead atoms. The molecular weight excluding hydrogens is 216 g/mol. The Labute approximate surface area is 101 Å². The van der Waals surface area contributed by atoms with Crippen molar-refractivity contribution in [2.75, 3.05) is 0 Å². The fourth-order valence-electron chi connectivity index (χ4n) is 1.94. The first kappa shape index (κ1) is 13.4. The second-order valence-corrected chi connectivity index (χ2v) is 4.71. The zero-order chi connectivity index (χ0) is 13.0. The van der Waals surface area contributed by atoms with E-state index in [4.69, 9.17) is 5.11 Å². The average molecular weight is 234 g/mol. The molecule has 92 valence electrons. The third kappa shape index (κ3) is 4.39. The van der Waals surface area contributed by atoms with Crippen LogP contribution in [0.15, 0.2) is 18.2 Å². The molecule has 0 heterocycles. The molecule has 0 aliphatic rings. The van der Waals surface area contributed by atoms with Gasteiger partial charge < -0.3 is 5.11 Å². The van der Waals surface area contributed by atoms with Gasteiger partial charge in [0.15, 0.2) is 5.78 Å². The Morgan fingerprint density at radius 1 is 1.12 bits per heavy atom. The van der Waals surface area contributed by atoms with Crippen LogP contribution in [0.3, 0.4) is 0 Å². The van der Waals surface area contributed by atoms with Crippen LogP contribution in [0.5, 0.6) is 0 Å². The van der Waals surface area contributed by atoms with E-state index in [0.717, 1.165) is 11.1 Å². The molecule has 1 unspecified atom stereocenters. The van der Waals surface area contributed by atoms with Gasteiger partial charge in [-0.3, -0.25) is 9.59 Å². The molecule has 1 aromatic carbocycles. The first-order valence-corrected chi connectivity index (χ1v) is 5.71. The lowest BCUT2D eigenvalue weighted by Crippen LogP contribution is -2.10. The fourth-order valence-corrected chi connectivity index (χ4v) is 1.94. The maximum Gasteiger partial charge on any atom is 0.303 e. The Bertz CT molecular complexity index is 415. The molecule has 1 rings (SSSR count). The highest BCUT2D eigenvalue weighted by Crippen LogP contribution is 2.15. The first-order valence-electron chi connectivity index (χ1n) is 5.71. The lowest BCUT2D eigenvalue weighted by Gasteiger charge is -2.08. The van der Waals surface area contributed by atoms with Gasteiger partial charge in [-0.15, -0.1) is 0 Å². The van der Waals surface area contributed by atoms with Gasteiger partial charge >= 0.3 is 5.97 Å². The molecule has 0 saturated heterocycles. The van der Waals surface area contributed by atoms with Crippen LogP contribution >= 0.6 is 0 Å². The van der Waals surface area contributed by atoms with E-state index < -0.39 is 5.97 Å². The van der Waals surface area contributed by atoms with E-state index in [1.54, 1.807) is 6.92 Å². The summed E-state index contributed by atoms with van der Waals surface area (Å²) < 4.78 is 0. The molecule has 1 atom stereocenters. The Balaban J connectivity index is 2.72. The summed E-state index contributed by atoms with van der Waals surface area (Å²) in [6, 6.07) is 5.71. The van der Waals surface area contributed by atoms with E-state index in [1.807, 2.05) is 32.0 Å². The lowest BCUT2D eigenvalue weighted by molar-refractivity contribution is -0.137. The summed E-state index contributed by atoms with van der Waals surface area (Å²) in [5.74, 6) is -0.961. The molecule has 1 N–H and O–H groups in total. The highest BCUT2D eigenvalue weighted by Gasteiger charge is 2.14. The average Bonchev–Trinajstić information content (AvgIpc) is 2.14. The monoisotopic (exact) mass is 234 g/mol. The minimum atomic E-state index is -0.856. The van der Waals surface area contributed by atoms with Gasteiger partial charge in [-0.1, -0.05) is 24.1 Å². The fraction of sp³-hybridized carbons (Fsp3) is 0.429. The SMILES string of the molecule is Cc1cc(C)cc(C(=O)CC(C)CC(=O)O)c1. The van der Waals surface area contributed by atoms with Gasteiger partial charge in [-0.05, 0) is 31.9 Å². The number of benzene rings is 1. The number of aryl methyl sites for hydroxylation is 2. The van der Waals surface area contributed by atoms with Crippen LogP contribution in [-0.4, -0.2) is 16.9 Å². The summed E-state index contributed by atoms with van der Waals surface area (Å²) in [6.45, 7) is 5.68. The van der Waals surface area contributed by atoms with Crippen molar-refractivity contribution in [2.45, 2.75) is 33.6 Å². The topological polar surface area (TPSA) is 54.4 Å². The largest absolute Gasteiger partial charge is 0.481 e. The molecule has 3 heteroatoms. The summed E-state index contributed by atoms with van der Waals surface area (Å²) >= 11 is 0. The third-order valence-corrected chi connectivity index (χ3v) is 2.60. The van der Waals surface area contributed by atoms with Crippen LogP contribution in [0.4, 0.5) is 0 Å². The highest BCUT2D eigenvalue weighted by atomic mass is 16.4. The lowest BCUT2D eigenvalue weighted by atomic mass is 9.95. The van der Waals surface area contributed by atoms with Crippen LogP contribution in [0.25, 0.3) is 0 Å². The number of carboxylic acids is 1. The van der Waals surface area contributed by atoms with Gasteiger partial charge in [0.25, 0.3) is 0 Å². The van der Waals surface area contributed by atoms with E-state index in [0.29, 0.717) is 5.56 Å². The number of carboxylic acid groups (broad SMARTS) is 1. The molecule has 3 nitrogen and oxygen atoms in total. The molecule has 0 spiro atoms. The molecule has 0 aromatic heterocycles. The second kappa shape index (κ2) is 5.62. The van der Waals surface area contributed by atoms with E-state index in [2.05, 4.69) is 0 Å². The predicted molar refractivity (Wildman–Crippen MR) is 66.3 cm³/mol. The molecule has 0 radical (unpaired) electrons. The van der Waals surface area contributed by atoms with Gasteiger partial charge in [0.05, 0.1) is 0 Å². The molecule has 0 fully saturated rings. The normalized spacial score (nSPS) is 12.2. The molecule has 0 amide bonds. The Morgan fingerprint density at radius 2 is 1.65 bits per heavy atom. The van der Waals surface area contributed by atoms with Crippen LogP contribution in [0.1, 0.15) is 41.3 Å². The summed E-state index contributed by atoms with van der Waals surface area (Å²) in [5, 5.41) is 8.64.